The van der Waals surface area contributed by atoms with E-state index in [1.165, 1.54) is 6.26 Å². The first-order valence-corrected chi connectivity index (χ1v) is 1.63. The van der Waals surface area contributed by atoms with Gasteiger partial charge in [-0.2, -0.15) is 0 Å². The minimum atomic E-state index is 0.815. The van der Waals surface area contributed by atoms with Gasteiger partial charge in [0.2, 0.25) is 0 Å². The van der Waals surface area contributed by atoms with Crippen molar-refractivity contribution in [3.63, 3.8) is 0 Å². The summed E-state index contributed by atoms with van der Waals surface area (Å²) in [5.74, 6) is 0. The van der Waals surface area contributed by atoms with Gasteiger partial charge in [-0.1, -0.05) is 0 Å². The second-order valence-corrected chi connectivity index (χ2v) is 1.05. The molecule has 0 bridgehead atoms. The van der Waals surface area contributed by atoms with Crippen LogP contribution >= 0.6 is 0 Å². The number of hydrogen-bond acceptors (Lipinski definition) is 3. The lowest BCUT2D eigenvalue weighted by atomic mass is 10.1. The average Bonchev–Trinajstić information content (AvgIpc) is 1.86. The summed E-state index contributed by atoms with van der Waals surface area (Å²) >= 11 is 0. The zero-order chi connectivity index (χ0) is 4.41. The molecule has 0 atom stereocenters. The van der Waals surface area contributed by atoms with Crippen LogP contribution in [0.5, 0.6) is 0 Å². The summed E-state index contributed by atoms with van der Waals surface area (Å²) in [6.07, 6.45) is 1.49. The molecule has 0 aliphatic rings. The Balaban J connectivity index is 3.05. The van der Waals surface area contributed by atoms with Gasteiger partial charge in [0.25, 0.3) is 0 Å². The van der Waals surface area contributed by atoms with Crippen molar-refractivity contribution in [1.82, 2.24) is 10.4 Å². The summed E-state index contributed by atoms with van der Waals surface area (Å²) in [6.45, 7) is 0. The summed E-state index contributed by atoms with van der Waals surface area (Å²) < 4.78 is 4.35. The smallest absolute Gasteiger partial charge is 0.170 e. The van der Waals surface area contributed by atoms with Gasteiger partial charge in [0.05, 0.1) is 5.59 Å². The Morgan fingerprint density at radius 1 is 1.83 bits per heavy atom. The molecule has 30 valence electrons. The number of aromatic nitrogens is 2. The van der Waals surface area contributed by atoms with Crippen LogP contribution < -0.4 is 5.59 Å². The monoisotopic (exact) mass is 82.0 g/mol. The van der Waals surface area contributed by atoms with Crippen LogP contribution in [0.1, 0.15) is 0 Å². The standard InChI is InChI=1S/C2H3BN2O/c3-2-1-6-5-4-2/h1H,3H2. The molecule has 6 heavy (non-hydrogen) atoms. The molecule has 0 N–H and O–H groups in total. The third-order valence-corrected chi connectivity index (χ3v) is 0.469. The molecular formula is C2H3BN2O. The van der Waals surface area contributed by atoms with Gasteiger partial charge in [-0.15, -0.1) is 5.10 Å². The van der Waals surface area contributed by atoms with Crippen LogP contribution in [0.4, 0.5) is 0 Å². The molecule has 1 heterocycles. The molecule has 0 fully saturated rings. The van der Waals surface area contributed by atoms with Crippen molar-refractivity contribution < 1.29 is 4.52 Å². The molecule has 0 radical (unpaired) electrons. The van der Waals surface area contributed by atoms with Crippen molar-refractivity contribution in [3.8, 4) is 0 Å². The highest BCUT2D eigenvalue weighted by atomic mass is 16.5. The molecule has 1 rings (SSSR count). The van der Waals surface area contributed by atoms with E-state index in [0.29, 0.717) is 0 Å². The number of nitrogens with zero attached hydrogens (tertiary/aromatic N) is 2. The molecular weight excluding hydrogens is 78.8 g/mol. The fraction of sp³-hybridized carbons (Fsp3) is 0. The Bertz CT molecular complexity index is 115. The SMILES string of the molecule is Bc1conn1. The number of rotatable bonds is 0. The molecule has 0 saturated carbocycles. The van der Waals surface area contributed by atoms with Gasteiger partial charge in [0.1, 0.15) is 6.26 Å². The van der Waals surface area contributed by atoms with Crippen molar-refractivity contribution in [2.45, 2.75) is 0 Å². The Kier molecular flexibility index (Phi) is 0.635. The van der Waals surface area contributed by atoms with E-state index in [0.717, 1.165) is 5.59 Å². The summed E-state index contributed by atoms with van der Waals surface area (Å²) in [4.78, 5) is 0. The third kappa shape index (κ3) is 0.405. The predicted molar refractivity (Wildman–Crippen MR) is 22.5 cm³/mol. The third-order valence-electron chi connectivity index (χ3n) is 0.469. The van der Waals surface area contributed by atoms with Crippen molar-refractivity contribution in [3.05, 3.63) is 6.26 Å². The Labute approximate surface area is 35.7 Å². The lowest BCUT2D eigenvalue weighted by Gasteiger charge is -1.57. The Morgan fingerprint density at radius 3 is 2.83 bits per heavy atom. The second kappa shape index (κ2) is 1.12. The second-order valence-electron chi connectivity index (χ2n) is 1.05. The lowest BCUT2D eigenvalue weighted by Crippen LogP contribution is -2.00. The highest BCUT2D eigenvalue weighted by molar-refractivity contribution is 6.30. The lowest BCUT2D eigenvalue weighted by molar-refractivity contribution is 0.393. The average molecular weight is 81.9 g/mol. The van der Waals surface area contributed by atoms with E-state index in [9.17, 15) is 0 Å². The molecule has 0 saturated heterocycles. The Morgan fingerprint density at radius 2 is 2.67 bits per heavy atom. The first-order chi connectivity index (χ1) is 2.89. The van der Waals surface area contributed by atoms with Crippen LogP contribution in [0.3, 0.4) is 0 Å². The molecule has 0 unspecified atom stereocenters. The quantitative estimate of drug-likeness (QED) is 0.351. The molecule has 1 aromatic rings. The molecule has 4 heteroatoms. The highest BCUT2D eigenvalue weighted by Gasteiger charge is 1.80. The van der Waals surface area contributed by atoms with Crippen molar-refractivity contribution >= 4 is 13.4 Å². The molecule has 0 amide bonds. The van der Waals surface area contributed by atoms with Gasteiger partial charge in [0, 0.05) is 5.27 Å². The van der Waals surface area contributed by atoms with Crippen molar-refractivity contribution in [2.75, 3.05) is 0 Å². The summed E-state index contributed by atoms with van der Waals surface area (Å²) in [6, 6.07) is 0. The van der Waals surface area contributed by atoms with E-state index < -0.39 is 0 Å². The van der Waals surface area contributed by atoms with Crippen LogP contribution in [0.25, 0.3) is 0 Å². The maximum atomic E-state index is 4.35. The molecule has 0 aromatic carbocycles. The summed E-state index contributed by atoms with van der Waals surface area (Å²) in [7, 11) is 1.82. The normalized spacial score (nSPS) is 8.67. The van der Waals surface area contributed by atoms with Crippen LogP contribution in [0, 0.1) is 0 Å². The van der Waals surface area contributed by atoms with Crippen molar-refractivity contribution in [1.29, 1.82) is 0 Å². The van der Waals surface area contributed by atoms with Crippen molar-refractivity contribution in [2.24, 2.45) is 0 Å². The fourth-order valence-corrected chi connectivity index (χ4v) is 0.211. The Hall–Kier alpha value is -0.795. The molecule has 0 spiro atoms. The van der Waals surface area contributed by atoms with Gasteiger partial charge in [0.15, 0.2) is 7.85 Å². The van der Waals surface area contributed by atoms with Gasteiger partial charge in [-0.3, -0.25) is 0 Å². The molecule has 0 aliphatic carbocycles. The van der Waals surface area contributed by atoms with E-state index in [4.69, 9.17) is 0 Å². The summed E-state index contributed by atoms with van der Waals surface area (Å²) in [5, 5.41) is 6.70. The van der Waals surface area contributed by atoms with E-state index in [2.05, 4.69) is 14.9 Å². The van der Waals surface area contributed by atoms with E-state index in [-0.39, 0.29) is 0 Å². The fourth-order valence-electron chi connectivity index (χ4n) is 0.211. The molecule has 0 aliphatic heterocycles. The van der Waals surface area contributed by atoms with E-state index >= 15 is 0 Å². The zero-order valence-electron chi connectivity index (χ0n) is 3.38. The van der Waals surface area contributed by atoms with Crippen LogP contribution in [0.2, 0.25) is 0 Å². The predicted octanol–water partition coefficient (Wildman–Crippen LogP) is -1.67. The van der Waals surface area contributed by atoms with Crippen LogP contribution in [0.15, 0.2) is 10.8 Å². The first-order valence-electron chi connectivity index (χ1n) is 1.63. The maximum Gasteiger partial charge on any atom is 0.170 e. The van der Waals surface area contributed by atoms with E-state index in [1.54, 1.807) is 0 Å². The van der Waals surface area contributed by atoms with Gasteiger partial charge >= 0.3 is 0 Å². The number of hydrogen-bond donors (Lipinski definition) is 0. The largest absolute Gasteiger partial charge is 0.346 e. The molecule has 3 nitrogen and oxygen atoms in total. The summed E-state index contributed by atoms with van der Waals surface area (Å²) in [5.41, 5.74) is 0.815. The first kappa shape index (κ1) is 3.40. The maximum absolute atomic E-state index is 4.35. The van der Waals surface area contributed by atoms with Crippen LogP contribution in [-0.2, 0) is 0 Å². The molecule has 1 aromatic heterocycles. The van der Waals surface area contributed by atoms with E-state index in [1.807, 2.05) is 7.85 Å². The van der Waals surface area contributed by atoms with Gasteiger partial charge < -0.3 is 4.52 Å². The zero-order valence-corrected chi connectivity index (χ0v) is 3.38. The topological polar surface area (TPSA) is 38.9 Å². The minimum Gasteiger partial charge on any atom is -0.346 e. The van der Waals surface area contributed by atoms with Gasteiger partial charge in [-0.25, -0.2) is 0 Å². The van der Waals surface area contributed by atoms with Crippen LogP contribution in [-0.4, -0.2) is 18.2 Å². The minimum absolute atomic E-state index is 0.815. The highest BCUT2D eigenvalue weighted by Crippen LogP contribution is 1.60. The van der Waals surface area contributed by atoms with Gasteiger partial charge in [-0.05, 0) is 0 Å².